The van der Waals surface area contributed by atoms with Crippen LogP contribution >= 0.6 is 0 Å². The molecule has 2 atom stereocenters. The van der Waals surface area contributed by atoms with Crippen molar-refractivity contribution in [3.05, 3.63) is 35.4 Å². The SMILES string of the molecule is CC1CCCCCC1NC(=O)Cc1ccccc1CN. The quantitative estimate of drug-likeness (QED) is 0.830. The van der Waals surface area contributed by atoms with E-state index in [-0.39, 0.29) is 5.91 Å². The summed E-state index contributed by atoms with van der Waals surface area (Å²) in [4.78, 5) is 12.3. The third-order valence-electron chi connectivity index (χ3n) is 4.40. The molecule has 1 aromatic rings. The van der Waals surface area contributed by atoms with Crippen LogP contribution in [0.3, 0.4) is 0 Å². The Bertz CT molecular complexity index is 444. The van der Waals surface area contributed by atoms with Crippen molar-refractivity contribution in [2.24, 2.45) is 11.7 Å². The first-order chi connectivity index (χ1) is 9.70. The Kier molecular flexibility index (Phi) is 5.60. The van der Waals surface area contributed by atoms with E-state index < -0.39 is 0 Å². The number of hydrogen-bond acceptors (Lipinski definition) is 2. The van der Waals surface area contributed by atoms with E-state index in [1.165, 1.54) is 25.7 Å². The fraction of sp³-hybridized carbons (Fsp3) is 0.588. The lowest BCUT2D eigenvalue weighted by Gasteiger charge is -2.23. The van der Waals surface area contributed by atoms with E-state index in [1.807, 2.05) is 24.3 Å². The van der Waals surface area contributed by atoms with Gasteiger partial charge in [0.2, 0.25) is 5.91 Å². The number of nitrogens with two attached hydrogens (primary N) is 1. The van der Waals surface area contributed by atoms with Crippen molar-refractivity contribution >= 4 is 5.91 Å². The molecule has 1 aromatic carbocycles. The zero-order valence-corrected chi connectivity index (χ0v) is 12.4. The van der Waals surface area contributed by atoms with Gasteiger partial charge in [-0.1, -0.05) is 50.5 Å². The van der Waals surface area contributed by atoms with Crippen LogP contribution < -0.4 is 11.1 Å². The van der Waals surface area contributed by atoms with Gasteiger partial charge in [0.05, 0.1) is 6.42 Å². The smallest absolute Gasteiger partial charge is 0.224 e. The predicted octanol–water partition coefficient (Wildman–Crippen LogP) is 2.77. The summed E-state index contributed by atoms with van der Waals surface area (Å²) in [6, 6.07) is 8.28. The van der Waals surface area contributed by atoms with E-state index in [2.05, 4.69) is 12.2 Å². The van der Waals surface area contributed by atoms with Crippen LogP contribution in [0, 0.1) is 5.92 Å². The second-order valence-electron chi connectivity index (χ2n) is 5.94. The van der Waals surface area contributed by atoms with E-state index in [1.54, 1.807) is 0 Å². The van der Waals surface area contributed by atoms with Gasteiger partial charge in [0.1, 0.15) is 0 Å². The van der Waals surface area contributed by atoms with Crippen LogP contribution in [-0.4, -0.2) is 11.9 Å². The van der Waals surface area contributed by atoms with Crippen LogP contribution in [0.5, 0.6) is 0 Å². The van der Waals surface area contributed by atoms with Crippen molar-refractivity contribution in [2.75, 3.05) is 0 Å². The highest BCUT2D eigenvalue weighted by Gasteiger charge is 2.21. The Hall–Kier alpha value is -1.35. The van der Waals surface area contributed by atoms with E-state index in [4.69, 9.17) is 5.73 Å². The van der Waals surface area contributed by atoms with Crippen LogP contribution in [0.4, 0.5) is 0 Å². The maximum Gasteiger partial charge on any atom is 0.224 e. The van der Waals surface area contributed by atoms with Crippen LogP contribution in [-0.2, 0) is 17.8 Å². The summed E-state index contributed by atoms with van der Waals surface area (Å²) < 4.78 is 0. The Morgan fingerprint density at radius 1 is 1.20 bits per heavy atom. The summed E-state index contributed by atoms with van der Waals surface area (Å²) in [5.74, 6) is 0.718. The molecular formula is C17H26N2O. The van der Waals surface area contributed by atoms with Gasteiger partial charge in [-0.05, 0) is 29.9 Å². The molecular weight excluding hydrogens is 248 g/mol. The highest BCUT2D eigenvalue weighted by Crippen LogP contribution is 2.23. The minimum Gasteiger partial charge on any atom is -0.353 e. The maximum absolute atomic E-state index is 12.3. The minimum atomic E-state index is 0.129. The van der Waals surface area contributed by atoms with Crippen molar-refractivity contribution in [1.29, 1.82) is 0 Å². The summed E-state index contributed by atoms with van der Waals surface area (Å²) in [5, 5.41) is 3.23. The van der Waals surface area contributed by atoms with Crippen LogP contribution in [0.1, 0.15) is 50.2 Å². The lowest BCUT2D eigenvalue weighted by molar-refractivity contribution is -0.121. The van der Waals surface area contributed by atoms with Gasteiger partial charge >= 0.3 is 0 Å². The van der Waals surface area contributed by atoms with E-state index in [0.29, 0.717) is 24.9 Å². The second-order valence-corrected chi connectivity index (χ2v) is 5.94. The average Bonchev–Trinajstić information content (AvgIpc) is 2.65. The summed E-state index contributed by atoms with van der Waals surface area (Å²) >= 11 is 0. The van der Waals surface area contributed by atoms with Crippen molar-refractivity contribution < 1.29 is 4.79 Å². The number of nitrogens with one attached hydrogen (secondary N) is 1. The Morgan fingerprint density at radius 2 is 1.90 bits per heavy atom. The van der Waals surface area contributed by atoms with Gasteiger partial charge in [0.15, 0.2) is 0 Å². The number of carbonyl (C=O) groups excluding carboxylic acids is 1. The summed E-state index contributed by atoms with van der Waals surface area (Å²) in [7, 11) is 0. The molecule has 0 saturated heterocycles. The Balaban J connectivity index is 1.94. The Morgan fingerprint density at radius 3 is 2.65 bits per heavy atom. The Labute approximate surface area is 121 Å². The number of benzene rings is 1. The molecule has 0 radical (unpaired) electrons. The molecule has 3 N–H and O–H groups in total. The zero-order chi connectivity index (χ0) is 14.4. The highest BCUT2D eigenvalue weighted by atomic mass is 16.1. The van der Waals surface area contributed by atoms with Gasteiger partial charge in [-0.2, -0.15) is 0 Å². The van der Waals surface area contributed by atoms with Gasteiger partial charge in [0.25, 0.3) is 0 Å². The maximum atomic E-state index is 12.3. The first-order valence-electron chi connectivity index (χ1n) is 7.77. The van der Waals surface area contributed by atoms with Crippen LogP contribution in [0.2, 0.25) is 0 Å². The number of amides is 1. The molecule has 1 amide bonds. The van der Waals surface area contributed by atoms with Gasteiger partial charge < -0.3 is 11.1 Å². The standard InChI is InChI=1S/C17H26N2O/c1-13-7-3-2-4-10-16(13)19-17(20)11-14-8-5-6-9-15(14)12-18/h5-6,8-9,13,16H,2-4,7,10-12,18H2,1H3,(H,19,20). The summed E-state index contributed by atoms with van der Waals surface area (Å²) in [6.07, 6.45) is 6.61. The molecule has 0 heterocycles. The molecule has 110 valence electrons. The third kappa shape index (κ3) is 4.07. The van der Waals surface area contributed by atoms with Crippen LogP contribution in [0.25, 0.3) is 0 Å². The molecule has 0 spiro atoms. The second kappa shape index (κ2) is 7.44. The average molecular weight is 274 g/mol. The van der Waals surface area contributed by atoms with Crippen molar-refractivity contribution in [1.82, 2.24) is 5.32 Å². The fourth-order valence-electron chi connectivity index (χ4n) is 3.07. The predicted molar refractivity (Wildman–Crippen MR) is 82.2 cm³/mol. The topological polar surface area (TPSA) is 55.1 Å². The first kappa shape index (κ1) is 15.0. The number of hydrogen-bond donors (Lipinski definition) is 2. The van der Waals surface area contributed by atoms with E-state index in [9.17, 15) is 4.79 Å². The molecule has 1 aliphatic carbocycles. The molecule has 20 heavy (non-hydrogen) atoms. The zero-order valence-electron chi connectivity index (χ0n) is 12.4. The van der Waals surface area contributed by atoms with Crippen LogP contribution in [0.15, 0.2) is 24.3 Å². The molecule has 2 unspecified atom stereocenters. The molecule has 1 saturated carbocycles. The molecule has 3 heteroatoms. The molecule has 0 aromatic heterocycles. The largest absolute Gasteiger partial charge is 0.353 e. The monoisotopic (exact) mass is 274 g/mol. The van der Waals surface area contributed by atoms with E-state index in [0.717, 1.165) is 17.5 Å². The molecule has 1 fully saturated rings. The lowest BCUT2D eigenvalue weighted by atomic mass is 9.96. The van der Waals surface area contributed by atoms with Crippen molar-refractivity contribution in [3.8, 4) is 0 Å². The fourth-order valence-corrected chi connectivity index (χ4v) is 3.07. The third-order valence-corrected chi connectivity index (χ3v) is 4.40. The van der Waals surface area contributed by atoms with E-state index >= 15 is 0 Å². The molecule has 3 nitrogen and oxygen atoms in total. The number of carbonyl (C=O) groups is 1. The highest BCUT2D eigenvalue weighted by molar-refractivity contribution is 5.79. The minimum absolute atomic E-state index is 0.129. The van der Waals surface area contributed by atoms with Gasteiger partial charge in [0, 0.05) is 12.6 Å². The summed E-state index contributed by atoms with van der Waals surface area (Å²) in [5.41, 5.74) is 7.84. The normalized spacial score (nSPS) is 23.1. The number of rotatable bonds is 4. The molecule has 0 bridgehead atoms. The molecule has 1 aliphatic rings. The molecule has 2 rings (SSSR count). The van der Waals surface area contributed by atoms with Gasteiger partial charge in [-0.3, -0.25) is 4.79 Å². The van der Waals surface area contributed by atoms with Gasteiger partial charge in [-0.25, -0.2) is 0 Å². The van der Waals surface area contributed by atoms with Crippen molar-refractivity contribution in [3.63, 3.8) is 0 Å². The lowest BCUT2D eigenvalue weighted by Crippen LogP contribution is -2.39. The first-order valence-corrected chi connectivity index (χ1v) is 7.77. The summed E-state index contributed by atoms with van der Waals surface area (Å²) in [6.45, 7) is 2.74. The van der Waals surface area contributed by atoms with Crippen molar-refractivity contribution in [2.45, 2.75) is 58.0 Å². The van der Waals surface area contributed by atoms with Gasteiger partial charge in [-0.15, -0.1) is 0 Å². The molecule has 0 aliphatic heterocycles.